The van der Waals surface area contributed by atoms with E-state index in [9.17, 15) is 9.59 Å². The molecule has 0 saturated carbocycles. The second kappa shape index (κ2) is 7.35. The Labute approximate surface area is 151 Å². The summed E-state index contributed by atoms with van der Waals surface area (Å²) in [5.74, 6) is 0.943. The minimum atomic E-state index is -0.779. The number of anilines is 1. The monoisotopic (exact) mass is 356 g/mol. The Morgan fingerprint density at radius 1 is 1.12 bits per heavy atom. The van der Waals surface area contributed by atoms with Crippen LogP contribution in [0.3, 0.4) is 0 Å². The number of methoxy groups -OCH3 is 2. The Kier molecular flexibility index (Phi) is 4.97. The molecule has 0 bridgehead atoms. The van der Waals surface area contributed by atoms with Gasteiger partial charge in [-0.15, -0.1) is 0 Å². The first-order chi connectivity index (χ1) is 12.6. The highest BCUT2D eigenvalue weighted by molar-refractivity contribution is 6.08. The number of hydrogen-bond donors (Lipinski definition) is 1. The maximum Gasteiger partial charge on any atom is 0.262 e. The van der Waals surface area contributed by atoms with Gasteiger partial charge in [0.2, 0.25) is 0 Å². The van der Waals surface area contributed by atoms with Crippen molar-refractivity contribution in [3.05, 3.63) is 48.0 Å². The fourth-order valence-electron chi connectivity index (χ4n) is 2.85. The molecule has 2 amide bonds. The number of rotatable bonds is 4. The Morgan fingerprint density at radius 2 is 1.85 bits per heavy atom. The molecule has 0 aromatic heterocycles. The second-order valence-corrected chi connectivity index (χ2v) is 5.67. The lowest BCUT2D eigenvalue weighted by molar-refractivity contribution is -0.127. The van der Waals surface area contributed by atoms with Crippen molar-refractivity contribution < 1.29 is 23.8 Å². The van der Waals surface area contributed by atoms with Crippen LogP contribution in [0.25, 0.3) is 0 Å². The molecule has 3 rings (SSSR count). The average molecular weight is 356 g/mol. The van der Waals surface area contributed by atoms with Gasteiger partial charge in [-0.2, -0.15) is 0 Å². The number of benzene rings is 2. The van der Waals surface area contributed by atoms with E-state index in [1.165, 1.54) is 21.3 Å². The van der Waals surface area contributed by atoms with Gasteiger partial charge < -0.3 is 24.4 Å². The van der Waals surface area contributed by atoms with Gasteiger partial charge in [-0.25, -0.2) is 0 Å². The number of nitrogens with one attached hydrogen (secondary N) is 1. The largest absolute Gasteiger partial charge is 0.493 e. The minimum Gasteiger partial charge on any atom is -0.493 e. The predicted octanol–water partition coefficient (Wildman–Crippen LogP) is 1.86. The number of para-hydroxylation sites is 2. The zero-order chi connectivity index (χ0) is 18.7. The highest BCUT2D eigenvalue weighted by Crippen LogP contribution is 2.35. The molecule has 0 aliphatic carbocycles. The summed E-state index contributed by atoms with van der Waals surface area (Å²) in [6.45, 7) is 0.115. The minimum absolute atomic E-state index is 0.115. The highest BCUT2D eigenvalue weighted by Gasteiger charge is 2.34. The summed E-state index contributed by atoms with van der Waals surface area (Å²) in [4.78, 5) is 26.7. The molecule has 1 heterocycles. The molecule has 2 aromatic rings. The standard InChI is InChI=1S/C19H20N2O5/c1-20-18(22)17-11-21(13-6-4-5-7-14(13)26-17)19(23)12-8-9-15(24-2)16(10-12)25-3/h4-10,17H,11H2,1-3H3,(H,20,22)/t17-/m1/s1. The van der Waals surface area contributed by atoms with Crippen LogP contribution in [0.1, 0.15) is 10.4 Å². The van der Waals surface area contributed by atoms with Gasteiger partial charge >= 0.3 is 0 Å². The summed E-state index contributed by atoms with van der Waals surface area (Å²) < 4.78 is 16.2. The Bertz CT molecular complexity index is 836. The highest BCUT2D eigenvalue weighted by atomic mass is 16.5. The van der Waals surface area contributed by atoms with Gasteiger partial charge in [-0.05, 0) is 30.3 Å². The number of amides is 2. The molecule has 1 aliphatic heterocycles. The summed E-state index contributed by atoms with van der Waals surface area (Å²) in [5, 5.41) is 2.56. The van der Waals surface area contributed by atoms with E-state index in [2.05, 4.69) is 5.32 Å². The normalized spacial score (nSPS) is 15.5. The van der Waals surface area contributed by atoms with Crippen molar-refractivity contribution in [1.29, 1.82) is 0 Å². The Balaban J connectivity index is 1.98. The molecule has 1 atom stereocenters. The number of likely N-dealkylation sites (N-methyl/N-ethyl adjacent to an activating group) is 1. The van der Waals surface area contributed by atoms with Crippen molar-refractivity contribution in [2.45, 2.75) is 6.10 Å². The van der Waals surface area contributed by atoms with Crippen molar-refractivity contribution in [3.8, 4) is 17.2 Å². The maximum absolute atomic E-state index is 13.1. The van der Waals surface area contributed by atoms with E-state index >= 15 is 0 Å². The lowest BCUT2D eigenvalue weighted by atomic mass is 10.1. The second-order valence-electron chi connectivity index (χ2n) is 5.67. The third kappa shape index (κ3) is 3.15. The van der Waals surface area contributed by atoms with Crippen LogP contribution in [-0.2, 0) is 4.79 Å². The number of fused-ring (bicyclic) bond motifs is 1. The SMILES string of the molecule is CNC(=O)[C@H]1CN(C(=O)c2ccc(OC)c(OC)c2)c2ccccc2O1. The van der Waals surface area contributed by atoms with E-state index in [1.807, 2.05) is 6.07 Å². The Morgan fingerprint density at radius 3 is 2.54 bits per heavy atom. The molecule has 26 heavy (non-hydrogen) atoms. The summed E-state index contributed by atoms with van der Waals surface area (Å²) in [5.41, 5.74) is 1.04. The number of hydrogen-bond acceptors (Lipinski definition) is 5. The fourth-order valence-corrected chi connectivity index (χ4v) is 2.85. The summed E-state index contributed by atoms with van der Waals surface area (Å²) in [6, 6.07) is 12.1. The van der Waals surface area contributed by atoms with Crippen molar-refractivity contribution >= 4 is 17.5 Å². The van der Waals surface area contributed by atoms with E-state index in [0.717, 1.165) is 0 Å². The van der Waals surface area contributed by atoms with Crippen LogP contribution in [0, 0.1) is 0 Å². The smallest absolute Gasteiger partial charge is 0.262 e. The van der Waals surface area contributed by atoms with E-state index in [1.54, 1.807) is 41.3 Å². The molecule has 0 unspecified atom stereocenters. The third-order valence-corrected chi connectivity index (χ3v) is 4.19. The van der Waals surface area contributed by atoms with Gasteiger partial charge in [0.15, 0.2) is 17.6 Å². The topological polar surface area (TPSA) is 77.1 Å². The fraction of sp³-hybridized carbons (Fsp3) is 0.263. The molecule has 0 fully saturated rings. The molecule has 0 radical (unpaired) electrons. The zero-order valence-electron chi connectivity index (χ0n) is 14.8. The van der Waals surface area contributed by atoms with Crippen LogP contribution < -0.4 is 24.4 Å². The third-order valence-electron chi connectivity index (χ3n) is 4.19. The van der Waals surface area contributed by atoms with Crippen LogP contribution in [0.5, 0.6) is 17.2 Å². The van der Waals surface area contributed by atoms with Gasteiger partial charge in [0.1, 0.15) is 5.75 Å². The van der Waals surface area contributed by atoms with Gasteiger partial charge in [-0.3, -0.25) is 9.59 Å². The molecule has 136 valence electrons. The van der Waals surface area contributed by atoms with Crippen LogP contribution in [-0.4, -0.2) is 45.7 Å². The van der Waals surface area contributed by atoms with Crippen molar-refractivity contribution in [2.24, 2.45) is 0 Å². The summed E-state index contributed by atoms with van der Waals surface area (Å²) >= 11 is 0. The summed E-state index contributed by atoms with van der Waals surface area (Å²) in [6.07, 6.45) is -0.779. The van der Waals surface area contributed by atoms with Gasteiger partial charge in [0.05, 0.1) is 26.5 Å². The average Bonchev–Trinajstić information content (AvgIpc) is 2.71. The molecule has 2 aromatic carbocycles. The van der Waals surface area contributed by atoms with Crippen LogP contribution >= 0.6 is 0 Å². The van der Waals surface area contributed by atoms with Crippen LogP contribution in [0.2, 0.25) is 0 Å². The van der Waals surface area contributed by atoms with Crippen LogP contribution in [0.4, 0.5) is 5.69 Å². The van der Waals surface area contributed by atoms with E-state index < -0.39 is 6.10 Å². The zero-order valence-corrected chi connectivity index (χ0v) is 14.8. The quantitative estimate of drug-likeness (QED) is 0.905. The van der Waals surface area contributed by atoms with E-state index in [0.29, 0.717) is 28.5 Å². The van der Waals surface area contributed by atoms with E-state index in [4.69, 9.17) is 14.2 Å². The van der Waals surface area contributed by atoms with Gasteiger partial charge in [0, 0.05) is 12.6 Å². The Hall–Kier alpha value is -3.22. The molecule has 7 nitrogen and oxygen atoms in total. The molecule has 0 saturated heterocycles. The molecule has 0 spiro atoms. The number of carbonyl (C=O) groups is 2. The first-order valence-corrected chi connectivity index (χ1v) is 8.10. The molecule has 1 aliphatic rings. The molecular formula is C19H20N2O5. The van der Waals surface area contributed by atoms with Gasteiger partial charge in [0.25, 0.3) is 11.8 Å². The first-order valence-electron chi connectivity index (χ1n) is 8.10. The maximum atomic E-state index is 13.1. The lowest BCUT2D eigenvalue weighted by Crippen LogP contribution is -2.50. The molecule has 7 heteroatoms. The van der Waals surface area contributed by atoms with E-state index in [-0.39, 0.29) is 18.4 Å². The van der Waals surface area contributed by atoms with Crippen molar-refractivity contribution in [2.75, 3.05) is 32.7 Å². The van der Waals surface area contributed by atoms with Crippen LogP contribution in [0.15, 0.2) is 42.5 Å². The number of carbonyl (C=O) groups excluding carboxylic acids is 2. The van der Waals surface area contributed by atoms with Crippen molar-refractivity contribution in [1.82, 2.24) is 5.32 Å². The lowest BCUT2D eigenvalue weighted by Gasteiger charge is -2.34. The number of nitrogens with zero attached hydrogens (tertiary/aromatic N) is 1. The number of ether oxygens (including phenoxy) is 3. The predicted molar refractivity (Wildman–Crippen MR) is 96.1 cm³/mol. The molecular weight excluding hydrogens is 336 g/mol. The molecule has 1 N–H and O–H groups in total. The first kappa shape index (κ1) is 17.6. The van der Waals surface area contributed by atoms with Crippen molar-refractivity contribution in [3.63, 3.8) is 0 Å². The van der Waals surface area contributed by atoms with Gasteiger partial charge in [-0.1, -0.05) is 12.1 Å². The summed E-state index contributed by atoms with van der Waals surface area (Å²) in [7, 11) is 4.58.